The van der Waals surface area contributed by atoms with E-state index < -0.39 is 0 Å². The molecule has 6 heteroatoms. The molecule has 3 aromatic rings. The second-order valence-corrected chi connectivity index (χ2v) is 12.8. The topological polar surface area (TPSA) is 36.9 Å². The van der Waals surface area contributed by atoms with Crippen LogP contribution in [0.4, 0.5) is 0 Å². The fourth-order valence-corrected chi connectivity index (χ4v) is 5.36. The second kappa shape index (κ2) is 32.5. The maximum Gasteiger partial charge on any atom is 2.00 e. The van der Waals surface area contributed by atoms with Gasteiger partial charge in [-0.25, -0.2) is 0 Å². The molecule has 0 aromatic heterocycles. The number of ether oxygens (including phenoxy) is 4. The van der Waals surface area contributed by atoms with Crippen LogP contribution in [-0.2, 0) is 36.0 Å². The fourth-order valence-electron chi connectivity index (χ4n) is 5.36. The van der Waals surface area contributed by atoms with Crippen molar-refractivity contribution in [3.05, 3.63) is 105 Å². The average molecular weight is 708 g/mol. The maximum atomic E-state index is 4.94. The van der Waals surface area contributed by atoms with Crippen molar-refractivity contribution < 1.29 is 54.9 Å². The van der Waals surface area contributed by atoms with Gasteiger partial charge in [-0.3, -0.25) is 0 Å². The summed E-state index contributed by atoms with van der Waals surface area (Å²) in [7, 11) is 0. The summed E-state index contributed by atoms with van der Waals surface area (Å²) in [5, 5.41) is 0. The quantitative estimate of drug-likeness (QED) is 0.180. The van der Waals surface area contributed by atoms with E-state index in [1.165, 1.54) is 101 Å². The van der Waals surface area contributed by atoms with Gasteiger partial charge in [0.25, 0.3) is 0 Å². The van der Waals surface area contributed by atoms with E-state index in [9.17, 15) is 0 Å². The van der Waals surface area contributed by atoms with Crippen LogP contribution in [0.1, 0.15) is 101 Å². The molecule has 4 fully saturated rings. The molecule has 4 saturated heterocycles. The third-order valence-corrected chi connectivity index (χ3v) is 7.16. The molecule has 49 heavy (non-hydrogen) atoms. The SMILES string of the molecule is C1CCOC1.C1CCOC1.C1CCOC1.C1CCOC1.Cc1[c-]c(C)cc(C)c1.Cc1[c-]c(C)cc(C)c1.Cc1[c-]c(C)cc(C)c1.[Li+].[Mn+2]. The smallest absolute Gasteiger partial charge is 0.381 e. The van der Waals surface area contributed by atoms with Crippen LogP contribution in [-0.4, -0.2) is 52.9 Å². The van der Waals surface area contributed by atoms with Crippen LogP contribution in [0, 0.1) is 80.5 Å². The van der Waals surface area contributed by atoms with Crippen LogP contribution < -0.4 is 18.9 Å². The van der Waals surface area contributed by atoms with Gasteiger partial charge in [0, 0.05) is 52.9 Å². The Balaban J connectivity index is 0. The molecule has 0 N–H and O–H groups in total. The molecule has 269 valence electrons. The summed E-state index contributed by atoms with van der Waals surface area (Å²) in [6.07, 6.45) is 10.2. The van der Waals surface area contributed by atoms with Crippen LogP contribution in [0.25, 0.3) is 0 Å². The van der Waals surface area contributed by atoms with Gasteiger partial charge in [-0.2, -0.15) is 105 Å². The molecule has 7 rings (SSSR count). The van der Waals surface area contributed by atoms with Gasteiger partial charge in [-0.1, -0.05) is 62.3 Å². The van der Waals surface area contributed by atoms with Crippen molar-refractivity contribution in [2.75, 3.05) is 52.9 Å². The van der Waals surface area contributed by atoms with Gasteiger partial charge in [-0.05, 0) is 51.4 Å². The molecule has 4 nitrogen and oxygen atoms in total. The zero-order chi connectivity index (χ0) is 34.7. The predicted molar refractivity (Wildman–Crippen MR) is 199 cm³/mol. The van der Waals surface area contributed by atoms with E-state index in [-0.39, 0.29) is 35.9 Å². The number of benzene rings is 3. The van der Waals surface area contributed by atoms with E-state index in [4.69, 9.17) is 18.9 Å². The Morgan fingerprint density at radius 1 is 0.327 bits per heavy atom. The maximum absolute atomic E-state index is 4.94. The number of hydrogen-bond acceptors (Lipinski definition) is 4. The van der Waals surface area contributed by atoms with E-state index in [1.807, 2.05) is 0 Å². The van der Waals surface area contributed by atoms with Crippen LogP contribution >= 0.6 is 0 Å². The van der Waals surface area contributed by atoms with Gasteiger partial charge in [-0.15, -0.1) is 0 Å². The Hall–Kier alpha value is -1.38. The van der Waals surface area contributed by atoms with Gasteiger partial charge < -0.3 is 18.9 Å². The summed E-state index contributed by atoms with van der Waals surface area (Å²) >= 11 is 0. The minimum absolute atomic E-state index is 0. The largest absolute Gasteiger partial charge is 2.00 e. The Morgan fingerprint density at radius 2 is 0.469 bits per heavy atom. The minimum atomic E-state index is 0. The zero-order valence-corrected chi connectivity index (χ0v) is 34.0. The fraction of sp³-hybridized carbons (Fsp3) is 0.581. The third-order valence-electron chi connectivity index (χ3n) is 7.16. The van der Waals surface area contributed by atoms with Crippen LogP contribution in [0.2, 0.25) is 0 Å². The Labute approximate surface area is 324 Å². The van der Waals surface area contributed by atoms with E-state index in [0.717, 1.165) is 52.9 Å². The summed E-state index contributed by atoms with van der Waals surface area (Å²) in [6.45, 7) is 26.7. The summed E-state index contributed by atoms with van der Waals surface area (Å²) in [6, 6.07) is 22.4. The molecule has 0 saturated carbocycles. The molecule has 4 aliphatic rings. The van der Waals surface area contributed by atoms with Crippen molar-refractivity contribution in [2.45, 2.75) is 114 Å². The minimum Gasteiger partial charge on any atom is -0.381 e. The number of aryl methyl sites for hydroxylation is 9. The molecule has 4 heterocycles. The Bertz CT molecular complexity index is 861. The van der Waals surface area contributed by atoms with Crippen LogP contribution in [0.15, 0.2) is 36.4 Å². The van der Waals surface area contributed by atoms with Gasteiger partial charge >= 0.3 is 35.9 Å². The molecule has 0 bridgehead atoms. The average Bonchev–Trinajstić information content (AvgIpc) is 3.84. The van der Waals surface area contributed by atoms with E-state index in [0.29, 0.717) is 0 Å². The molecule has 0 unspecified atom stereocenters. The molecule has 3 aromatic carbocycles. The molecular weight excluding hydrogens is 642 g/mol. The Morgan fingerprint density at radius 3 is 0.551 bits per heavy atom. The van der Waals surface area contributed by atoms with Gasteiger partial charge in [0.05, 0.1) is 0 Å². The predicted octanol–water partition coefficient (Wildman–Crippen LogP) is 7.42. The molecule has 1 radical (unpaired) electrons. The number of hydrogen-bond donors (Lipinski definition) is 0. The van der Waals surface area contributed by atoms with Crippen LogP contribution in [0.3, 0.4) is 0 Å². The summed E-state index contributed by atoms with van der Waals surface area (Å²) in [4.78, 5) is 0. The summed E-state index contributed by atoms with van der Waals surface area (Å²) in [5.41, 5.74) is 11.3. The van der Waals surface area contributed by atoms with E-state index >= 15 is 0 Å². The molecule has 0 aliphatic carbocycles. The van der Waals surface area contributed by atoms with Crippen molar-refractivity contribution in [2.24, 2.45) is 0 Å². The van der Waals surface area contributed by atoms with Gasteiger partial charge in [0.15, 0.2) is 0 Å². The molecule has 0 amide bonds. The van der Waals surface area contributed by atoms with E-state index in [2.05, 4.69) is 117 Å². The van der Waals surface area contributed by atoms with Gasteiger partial charge in [0.1, 0.15) is 0 Å². The van der Waals surface area contributed by atoms with Crippen molar-refractivity contribution in [1.29, 1.82) is 0 Å². The normalized spacial score (nSPS) is 15.1. The standard InChI is InChI=1S/3C9H11.4C4H8O.Li.Mn/c3*1-7-4-8(2)6-9(3)5-7;4*1-2-4-5-3-1;;/h3*4-5H,1-3H3;4*1-4H2;;/q3*-1;;;;;+1;+2. The van der Waals surface area contributed by atoms with Crippen molar-refractivity contribution in [3.8, 4) is 0 Å². The number of rotatable bonds is 0. The molecule has 0 spiro atoms. The molecule has 4 aliphatic heterocycles. The first-order valence-electron chi connectivity index (χ1n) is 17.8. The Kier molecular flexibility index (Phi) is 33.0. The zero-order valence-electron chi connectivity index (χ0n) is 32.8. The first-order valence-corrected chi connectivity index (χ1v) is 17.8. The molecular formula is C43H65LiMnO4. The van der Waals surface area contributed by atoms with Crippen LogP contribution in [0.5, 0.6) is 0 Å². The first-order chi connectivity index (χ1) is 22.5. The third kappa shape index (κ3) is 31.1. The first kappa shape index (κ1) is 49.7. The van der Waals surface area contributed by atoms with Crippen molar-refractivity contribution in [3.63, 3.8) is 0 Å². The second-order valence-electron chi connectivity index (χ2n) is 12.8. The monoisotopic (exact) mass is 707 g/mol. The molecule has 0 atom stereocenters. The summed E-state index contributed by atoms with van der Waals surface area (Å²) < 4.78 is 19.8. The van der Waals surface area contributed by atoms with E-state index in [1.54, 1.807) is 0 Å². The van der Waals surface area contributed by atoms with Crippen molar-refractivity contribution >= 4 is 0 Å². The van der Waals surface area contributed by atoms with Gasteiger partial charge in [0.2, 0.25) is 0 Å². The van der Waals surface area contributed by atoms with Crippen molar-refractivity contribution in [1.82, 2.24) is 0 Å². The summed E-state index contributed by atoms with van der Waals surface area (Å²) in [5.74, 6) is 0.